The number of hydrogen-bond acceptors (Lipinski definition) is 2. The Morgan fingerprint density at radius 2 is 2.12 bits per heavy atom. The summed E-state index contributed by atoms with van der Waals surface area (Å²) in [5.74, 6) is 0.883. The highest BCUT2D eigenvalue weighted by molar-refractivity contribution is 14.0. The van der Waals surface area contributed by atoms with E-state index in [1.54, 1.807) is 0 Å². The molecular formula is C17H32IN5O. The monoisotopic (exact) mass is 449 g/mol. The van der Waals surface area contributed by atoms with Gasteiger partial charge in [0.15, 0.2) is 5.96 Å². The fourth-order valence-electron chi connectivity index (χ4n) is 2.16. The van der Waals surface area contributed by atoms with Crippen molar-refractivity contribution in [2.24, 2.45) is 12.0 Å². The number of nitrogens with one attached hydrogen (secondary N) is 2. The lowest BCUT2D eigenvalue weighted by molar-refractivity contribution is -0.121. The average Bonchev–Trinajstić information content (AvgIpc) is 2.91. The summed E-state index contributed by atoms with van der Waals surface area (Å²) >= 11 is 0. The molecule has 1 amide bonds. The zero-order valence-electron chi connectivity index (χ0n) is 15.5. The Hall–Kier alpha value is -1.25. The molecule has 0 aliphatic rings. The highest BCUT2D eigenvalue weighted by atomic mass is 127. The Morgan fingerprint density at radius 3 is 2.67 bits per heavy atom. The van der Waals surface area contributed by atoms with Crippen LogP contribution < -0.4 is 10.6 Å². The van der Waals surface area contributed by atoms with Gasteiger partial charge in [-0.3, -0.25) is 9.79 Å². The van der Waals surface area contributed by atoms with Crippen LogP contribution in [0.15, 0.2) is 23.3 Å². The van der Waals surface area contributed by atoms with Crippen molar-refractivity contribution in [3.05, 3.63) is 24.0 Å². The lowest BCUT2D eigenvalue weighted by Gasteiger charge is -2.22. The summed E-state index contributed by atoms with van der Waals surface area (Å²) in [5.41, 5.74) is 1.22. The highest BCUT2D eigenvalue weighted by Gasteiger charge is 2.09. The predicted molar refractivity (Wildman–Crippen MR) is 111 cm³/mol. The van der Waals surface area contributed by atoms with Gasteiger partial charge in [-0.2, -0.15) is 0 Å². The van der Waals surface area contributed by atoms with E-state index in [4.69, 9.17) is 0 Å². The number of rotatable bonds is 8. The van der Waals surface area contributed by atoms with Crippen LogP contribution in [0, 0.1) is 0 Å². The van der Waals surface area contributed by atoms with E-state index in [1.807, 2.05) is 40.2 Å². The normalized spacial score (nSPS) is 12.3. The summed E-state index contributed by atoms with van der Waals surface area (Å²) in [6.45, 7) is 8.18. The van der Waals surface area contributed by atoms with Gasteiger partial charge in [-0.15, -0.1) is 24.0 Å². The molecule has 0 spiro atoms. The summed E-state index contributed by atoms with van der Waals surface area (Å²) in [4.78, 5) is 18.4. The summed E-state index contributed by atoms with van der Waals surface area (Å²) in [7, 11) is 4.04. The second kappa shape index (κ2) is 12.2. The Bertz CT molecular complexity index is 515. The van der Waals surface area contributed by atoms with E-state index in [1.165, 1.54) is 5.69 Å². The highest BCUT2D eigenvalue weighted by Crippen LogP contribution is 2.04. The minimum atomic E-state index is 0. The molecule has 0 aromatic carbocycles. The summed E-state index contributed by atoms with van der Waals surface area (Å²) in [6.07, 6.45) is 3.39. The third kappa shape index (κ3) is 8.03. The molecule has 1 aromatic heterocycles. The minimum Gasteiger partial charge on any atom is -0.357 e. The summed E-state index contributed by atoms with van der Waals surface area (Å²) in [6, 6.07) is 4.35. The average molecular weight is 449 g/mol. The summed E-state index contributed by atoms with van der Waals surface area (Å²) < 4.78 is 2.10. The van der Waals surface area contributed by atoms with Crippen LogP contribution in [0.25, 0.3) is 0 Å². The molecule has 138 valence electrons. The predicted octanol–water partition coefficient (Wildman–Crippen LogP) is 2.35. The fraction of sp³-hybridized carbons (Fsp3) is 0.647. The smallest absolute Gasteiger partial charge is 0.222 e. The van der Waals surface area contributed by atoms with Gasteiger partial charge in [0.1, 0.15) is 0 Å². The van der Waals surface area contributed by atoms with Crippen LogP contribution in [0.4, 0.5) is 0 Å². The molecule has 1 atom stereocenters. The number of amides is 1. The van der Waals surface area contributed by atoms with Crippen molar-refractivity contribution in [2.45, 2.75) is 46.2 Å². The van der Waals surface area contributed by atoms with E-state index in [9.17, 15) is 4.79 Å². The molecule has 0 radical (unpaired) electrons. The van der Waals surface area contributed by atoms with Gasteiger partial charge in [-0.25, -0.2) is 0 Å². The van der Waals surface area contributed by atoms with Crippen molar-refractivity contribution in [3.63, 3.8) is 0 Å². The SMILES string of the molecule is CCNC(=NCCC(=O)NC(C)CC)N(C)Cc1cccn1C.I. The molecule has 1 unspecified atom stereocenters. The Morgan fingerprint density at radius 1 is 1.42 bits per heavy atom. The third-order valence-electron chi connectivity index (χ3n) is 3.77. The molecule has 0 aliphatic carbocycles. The van der Waals surface area contributed by atoms with Crippen molar-refractivity contribution in [1.82, 2.24) is 20.1 Å². The molecule has 0 fully saturated rings. The van der Waals surface area contributed by atoms with Crippen LogP contribution >= 0.6 is 24.0 Å². The van der Waals surface area contributed by atoms with Crippen LogP contribution in [-0.4, -0.2) is 47.5 Å². The number of halogens is 1. The van der Waals surface area contributed by atoms with Gasteiger partial charge in [0.25, 0.3) is 0 Å². The van der Waals surface area contributed by atoms with Crippen molar-refractivity contribution in [3.8, 4) is 0 Å². The zero-order valence-corrected chi connectivity index (χ0v) is 17.8. The Kier molecular flexibility index (Phi) is 11.5. The Labute approximate surface area is 163 Å². The molecule has 1 heterocycles. The number of aryl methyl sites for hydroxylation is 1. The second-order valence-electron chi connectivity index (χ2n) is 5.83. The maximum Gasteiger partial charge on any atom is 0.222 e. The van der Waals surface area contributed by atoms with Gasteiger partial charge in [0, 0.05) is 45.0 Å². The van der Waals surface area contributed by atoms with Crippen LogP contribution in [0.3, 0.4) is 0 Å². The zero-order chi connectivity index (χ0) is 17.2. The van der Waals surface area contributed by atoms with E-state index < -0.39 is 0 Å². The second-order valence-corrected chi connectivity index (χ2v) is 5.83. The van der Waals surface area contributed by atoms with Crippen molar-refractivity contribution < 1.29 is 4.79 Å². The maximum absolute atomic E-state index is 11.8. The first-order chi connectivity index (χ1) is 11.0. The first-order valence-electron chi connectivity index (χ1n) is 8.36. The molecular weight excluding hydrogens is 417 g/mol. The number of aliphatic imine (C=N–C) groups is 1. The third-order valence-corrected chi connectivity index (χ3v) is 3.77. The summed E-state index contributed by atoms with van der Waals surface area (Å²) in [5, 5.41) is 6.24. The topological polar surface area (TPSA) is 61.7 Å². The van der Waals surface area contributed by atoms with E-state index in [0.717, 1.165) is 25.5 Å². The quantitative estimate of drug-likeness (QED) is 0.364. The van der Waals surface area contributed by atoms with Gasteiger partial charge < -0.3 is 20.1 Å². The molecule has 2 N–H and O–H groups in total. The number of nitrogens with zero attached hydrogens (tertiary/aromatic N) is 3. The first kappa shape index (κ1) is 22.8. The van der Waals surface area contributed by atoms with Gasteiger partial charge in [-0.05, 0) is 32.4 Å². The first-order valence-corrected chi connectivity index (χ1v) is 8.36. The van der Waals surface area contributed by atoms with Gasteiger partial charge >= 0.3 is 0 Å². The molecule has 7 heteroatoms. The molecule has 24 heavy (non-hydrogen) atoms. The van der Waals surface area contributed by atoms with E-state index in [2.05, 4.69) is 38.1 Å². The molecule has 1 aromatic rings. The number of carbonyl (C=O) groups is 1. The van der Waals surface area contributed by atoms with Gasteiger partial charge in [-0.1, -0.05) is 6.92 Å². The van der Waals surface area contributed by atoms with Crippen molar-refractivity contribution in [2.75, 3.05) is 20.1 Å². The lowest BCUT2D eigenvalue weighted by atomic mass is 10.2. The number of hydrogen-bond donors (Lipinski definition) is 2. The van der Waals surface area contributed by atoms with Crippen molar-refractivity contribution >= 4 is 35.8 Å². The van der Waals surface area contributed by atoms with Crippen LogP contribution in [0.5, 0.6) is 0 Å². The molecule has 0 saturated heterocycles. The molecule has 1 rings (SSSR count). The van der Waals surface area contributed by atoms with Gasteiger partial charge in [0.05, 0.1) is 13.1 Å². The van der Waals surface area contributed by atoms with Gasteiger partial charge in [0.2, 0.25) is 5.91 Å². The largest absolute Gasteiger partial charge is 0.357 e. The lowest BCUT2D eigenvalue weighted by Crippen LogP contribution is -2.39. The molecule has 0 saturated carbocycles. The fourth-order valence-corrected chi connectivity index (χ4v) is 2.16. The van der Waals surface area contributed by atoms with Crippen molar-refractivity contribution in [1.29, 1.82) is 0 Å². The van der Waals surface area contributed by atoms with Crippen LogP contribution in [0.2, 0.25) is 0 Å². The van der Waals surface area contributed by atoms with Crippen LogP contribution in [-0.2, 0) is 18.4 Å². The molecule has 0 bridgehead atoms. The Balaban J connectivity index is 0.00000529. The van der Waals surface area contributed by atoms with Crippen LogP contribution in [0.1, 0.15) is 39.3 Å². The number of carbonyl (C=O) groups excluding carboxylic acids is 1. The molecule has 0 aliphatic heterocycles. The maximum atomic E-state index is 11.8. The number of aromatic nitrogens is 1. The minimum absolute atomic E-state index is 0. The number of guanidine groups is 1. The molecule has 6 nitrogen and oxygen atoms in total. The van der Waals surface area contributed by atoms with E-state index in [0.29, 0.717) is 13.0 Å². The van der Waals surface area contributed by atoms with E-state index >= 15 is 0 Å². The van der Waals surface area contributed by atoms with E-state index in [-0.39, 0.29) is 35.9 Å². The standard InChI is InChI=1S/C17H31N5O.HI/c1-6-14(3)20-16(23)10-11-19-17(18-7-2)22(5)13-15-9-8-12-21(15)4;/h8-9,12,14H,6-7,10-11,13H2,1-5H3,(H,18,19)(H,20,23);1H.